The molecule has 5 aromatic rings. The maximum atomic E-state index is 14.5. The third-order valence-electron chi connectivity index (χ3n) is 16.3. The van der Waals surface area contributed by atoms with Crippen LogP contribution in [0.4, 0.5) is 17.1 Å². The first-order valence-corrected chi connectivity index (χ1v) is 33.5. The van der Waals surface area contributed by atoms with E-state index in [1.54, 1.807) is 38.6 Å². The second-order valence-corrected chi connectivity index (χ2v) is 28.5. The van der Waals surface area contributed by atoms with Crippen molar-refractivity contribution in [3.8, 4) is 17.2 Å². The van der Waals surface area contributed by atoms with Gasteiger partial charge < -0.3 is 29.3 Å². The number of thioether (sulfide) groups is 1. The molecule has 0 spiro atoms. The molecule has 0 bridgehead atoms. The molecule has 438 valence electrons. The fourth-order valence-corrected chi connectivity index (χ4v) is 16.3. The van der Waals surface area contributed by atoms with E-state index in [0.717, 1.165) is 46.5 Å². The first kappa shape index (κ1) is 59.8. The molecule has 5 aliphatic heterocycles. The lowest BCUT2D eigenvalue weighted by Crippen LogP contribution is -2.43. The minimum Gasteiger partial charge on any atom is -0.493 e. The molecule has 5 aliphatic rings. The van der Waals surface area contributed by atoms with Crippen LogP contribution in [0.3, 0.4) is 0 Å². The molecule has 20 heteroatoms. The van der Waals surface area contributed by atoms with E-state index in [1.165, 1.54) is 29.3 Å². The fourth-order valence-electron chi connectivity index (χ4n) is 12.2. The lowest BCUT2D eigenvalue weighted by molar-refractivity contribution is -0.138. The number of carbonyl (C=O) groups excluding carboxylic acids is 6. The predicted molar refractivity (Wildman–Crippen MR) is 327 cm³/mol. The molecule has 5 heterocycles. The summed E-state index contributed by atoms with van der Waals surface area (Å²) in [5, 5.41) is 2.79. The predicted octanol–water partition coefficient (Wildman–Crippen LogP) is 10.8. The highest BCUT2D eigenvalue weighted by Gasteiger charge is 2.44. The number of hydrogen-bond donors (Lipinski definition) is 2. The van der Waals surface area contributed by atoms with E-state index in [4.69, 9.17) is 14.2 Å². The Morgan fingerprint density at radius 2 is 1.40 bits per heavy atom. The number of Topliss-reactive ketones (excluding diaryl/α,β-unsaturated/α-hetero) is 1. The van der Waals surface area contributed by atoms with Crippen LogP contribution in [0.15, 0.2) is 91.0 Å². The number of ether oxygens (including phenoxy) is 3. The molecule has 0 radical (unpaired) electrons. The van der Waals surface area contributed by atoms with Crippen LogP contribution in [0.2, 0.25) is 0 Å². The molecule has 1 fully saturated rings. The van der Waals surface area contributed by atoms with Crippen molar-refractivity contribution in [1.82, 2.24) is 4.90 Å². The van der Waals surface area contributed by atoms with E-state index in [1.807, 2.05) is 90.9 Å². The maximum Gasteiger partial charge on any atom is 0.265 e. The van der Waals surface area contributed by atoms with Crippen molar-refractivity contribution in [3.05, 3.63) is 141 Å². The molecule has 10 rings (SSSR count). The van der Waals surface area contributed by atoms with Gasteiger partial charge in [-0.1, -0.05) is 58.0 Å². The van der Waals surface area contributed by atoms with Crippen LogP contribution in [0.25, 0.3) is 0 Å². The zero-order valence-corrected chi connectivity index (χ0v) is 50.7. The Hall–Kier alpha value is -6.32. The maximum absolute atomic E-state index is 14.5. The number of para-hydroxylation sites is 2. The van der Waals surface area contributed by atoms with E-state index >= 15 is 0 Å². The van der Waals surface area contributed by atoms with Crippen LogP contribution >= 0.6 is 33.3 Å². The molecule has 5 aromatic carbocycles. The van der Waals surface area contributed by atoms with Gasteiger partial charge in [0.05, 0.1) is 18.1 Å². The smallest absolute Gasteiger partial charge is 0.265 e. The summed E-state index contributed by atoms with van der Waals surface area (Å²) in [7, 11) is 0.408. The summed E-state index contributed by atoms with van der Waals surface area (Å²) in [6.45, 7) is 6.51. The summed E-state index contributed by atoms with van der Waals surface area (Å²) in [5.74, 6) is 0.128. The quantitative estimate of drug-likeness (QED) is 0.0255. The highest BCUT2D eigenvalue weighted by atomic mass is 33.1. The van der Waals surface area contributed by atoms with E-state index in [2.05, 4.69) is 25.2 Å². The zero-order chi connectivity index (χ0) is 58.7. The SMILES string of the molecule is COc1cc2c(cc1OCc1cc(COc3cc4c(cc3C)C(=O)N3c5ccccc5C[C@H]3CC4)cc(NC(=O)CCC(C)(C)SSCCCC(=O)CCCN3C(=O)CC(SC)C3=O)c1)CC(CS(=O)(=O)O)[C@@H]1Cc3ccccc3N1C2=O. The van der Waals surface area contributed by atoms with Crippen LogP contribution in [-0.4, -0.2) is 107 Å². The number of likely N-dealkylation sites (tertiary alicyclic amines) is 1. The highest BCUT2D eigenvalue weighted by Crippen LogP contribution is 2.45. The van der Waals surface area contributed by atoms with E-state index in [9.17, 15) is 41.7 Å². The fraction of sp³-hybridized carbons (Fsp3) is 0.429. The van der Waals surface area contributed by atoms with Gasteiger partial charge in [0.1, 0.15) is 24.7 Å². The minimum atomic E-state index is -4.42. The summed E-state index contributed by atoms with van der Waals surface area (Å²) in [6, 6.07) is 28.1. The molecule has 4 atom stereocenters. The van der Waals surface area contributed by atoms with Gasteiger partial charge in [-0.05, 0) is 172 Å². The Morgan fingerprint density at radius 1 is 0.747 bits per heavy atom. The van der Waals surface area contributed by atoms with Crippen molar-refractivity contribution in [2.24, 2.45) is 5.92 Å². The lowest BCUT2D eigenvalue weighted by Gasteiger charge is -2.28. The van der Waals surface area contributed by atoms with E-state index in [0.29, 0.717) is 95.8 Å². The molecule has 1 saturated heterocycles. The average molecular weight is 1200 g/mol. The number of nitrogens with zero attached hydrogens (tertiary/aromatic N) is 3. The largest absolute Gasteiger partial charge is 0.493 e. The van der Waals surface area contributed by atoms with Gasteiger partial charge in [-0.3, -0.25) is 38.2 Å². The Bertz CT molecular complexity index is 3480. The van der Waals surface area contributed by atoms with Gasteiger partial charge in [0.2, 0.25) is 17.7 Å². The van der Waals surface area contributed by atoms with Crippen molar-refractivity contribution >= 4 is 95.8 Å². The Labute approximate surface area is 497 Å². The number of nitrogens with one attached hydrogen (secondary N) is 1. The molecule has 2 unspecified atom stereocenters. The summed E-state index contributed by atoms with van der Waals surface area (Å²) in [6.07, 6.45) is 7.72. The first-order valence-electron chi connectivity index (χ1n) is 28.3. The van der Waals surface area contributed by atoms with Gasteiger partial charge in [0.25, 0.3) is 21.9 Å². The van der Waals surface area contributed by atoms with Crippen molar-refractivity contribution in [3.63, 3.8) is 0 Å². The molecule has 0 aliphatic carbocycles. The Balaban J connectivity index is 0.817. The third kappa shape index (κ3) is 13.8. The molecule has 83 heavy (non-hydrogen) atoms. The average Bonchev–Trinajstić information content (AvgIpc) is 2.09. The van der Waals surface area contributed by atoms with Crippen molar-refractivity contribution in [2.75, 3.05) is 46.5 Å². The molecule has 16 nitrogen and oxygen atoms in total. The van der Waals surface area contributed by atoms with Crippen LogP contribution in [0, 0.1) is 12.8 Å². The van der Waals surface area contributed by atoms with Gasteiger partial charge in [-0.15, -0.1) is 0 Å². The molecule has 0 aromatic heterocycles. The summed E-state index contributed by atoms with van der Waals surface area (Å²) in [4.78, 5) is 84.7. The van der Waals surface area contributed by atoms with E-state index in [-0.39, 0.29) is 90.4 Å². The topological polar surface area (TPSA) is 206 Å². The number of hydrogen-bond acceptors (Lipinski definition) is 14. The first-order chi connectivity index (χ1) is 39.8. The monoisotopic (exact) mass is 1200 g/mol. The zero-order valence-electron chi connectivity index (χ0n) is 47.4. The van der Waals surface area contributed by atoms with Gasteiger partial charge in [0, 0.05) is 88.9 Å². The normalized spacial score (nSPS) is 19.1. The summed E-state index contributed by atoms with van der Waals surface area (Å²) >= 11 is 1.38. The summed E-state index contributed by atoms with van der Waals surface area (Å²) < 4.78 is 53.8. The van der Waals surface area contributed by atoms with Crippen molar-refractivity contribution < 1.29 is 55.9 Å². The van der Waals surface area contributed by atoms with Gasteiger partial charge in [-0.2, -0.15) is 20.2 Å². The number of aryl methyl sites for hydroxylation is 2. The molecule has 5 amide bonds. The van der Waals surface area contributed by atoms with Crippen molar-refractivity contribution in [2.45, 2.75) is 133 Å². The van der Waals surface area contributed by atoms with Crippen molar-refractivity contribution in [1.29, 1.82) is 0 Å². The molecule has 2 N–H and O–H groups in total. The summed E-state index contributed by atoms with van der Waals surface area (Å²) in [5.41, 5.74) is 9.06. The number of benzene rings is 5. The number of rotatable bonds is 24. The lowest BCUT2D eigenvalue weighted by atomic mass is 9.91. The van der Waals surface area contributed by atoms with Crippen LogP contribution in [0.1, 0.15) is 125 Å². The van der Waals surface area contributed by atoms with Crippen LogP contribution in [0.5, 0.6) is 17.2 Å². The van der Waals surface area contributed by atoms with E-state index < -0.39 is 27.8 Å². The molecular weight excluding hydrogens is 1130 g/mol. The number of amides is 5. The van der Waals surface area contributed by atoms with Gasteiger partial charge in [-0.25, -0.2) is 0 Å². The van der Waals surface area contributed by atoms with Gasteiger partial charge in [0.15, 0.2) is 11.5 Å². The molecule has 0 saturated carbocycles. The number of methoxy groups -OCH3 is 1. The number of imide groups is 1. The second-order valence-electron chi connectivity index (χ2n) is 22.8. The number of ketones is 1. The Kier molecular flexibility index (Phi) is 18.4. The highest BCUT2D eigenvalue weighted by molar-refractivity contribution is 8.77. The van der Waals surface area contributed by atoms with Crippen LogP contribution < -0.4 is 29.3 Å². The standard InChI is InChI=1S/C63H70N4O12S4/c1-38-24-49-41(18-19-47-29-42-12-6-8-16-51(42)66(47)60(49)71)31-54(38)78-35-39-25-40(27-46(26-39)64-58(69)20-21-63(2,3)82-81-23-11-15-48(68)14-10-22-65-59(70)34-57(80-5)62(65)73)36-79-56-32-44-28-45(37-83(74,75)76)53-30-43-13-7-9-17-52(43)67(53)61(72)50(44)33-55(56)77-4/h6-9,12-13,16-17,24-27,31-33,45,47,53,57H,10-11,14-15,18-23,28-30,34-37H2,1-5H3,(H,64,69)(H,74,75,76)/t45?,47-,53+,57?/m1/s1. The van der Waals surface area contributed by atoms with Gasteiger partial charge >= 0.3 is 0 Å². The third-order valence-corrected chi connectivity index (χ3v) is 21.6. The Morgan fingerprint density at radius 3 is 2.10 bits per heavy atom. The molecular formula is C63H70N4O12S4. The second kappa shape index (κ2) is 25.5. The number of anilines is 3. The number of fused-ring (bicyclic) bond motifs is 8. The number of carbonyl (C=O) groups is 6. The van der Waals surface area contributed by atoms with Crippen LogP contribution in [-0.2, 0) is 68.2 Å². The minimum absolute atomic E-state index is 0.00298.